The quantitative estimate of drug-likeness (QED) is 0.615. The molecule has 4 rings (SSSR count). The number of carbonyl (C=O) groups excluding carboxylic acids is 1. The molecule has 2 saturated heterocycles. The van der Waals surface area contributed by atoms with Crippen molar-refractivity contribution in [3.63, 3.8) is 0 Å². The fourth-order valence-electron chi connectivity index (χ4n) is 3.97. The number of anilines is 2. The molecule has 0 spiro atoms. The largest absolute Gasteiger partial charge is 0.385 e. The second-order valence-corrected chi connectivity index (χ2v) is 7.85. The van der Waals surface area contributed by atoms with Crippen LogP contribution in [0.4, 0.5) is 15.9 Å². The van der Waals surface area contributed by atoms with Gasteiger partial charge in [0, 0.05) is 12.2 Å². The van der Waals surface area contributed by atoms with Crippen LogP contribution in [0.15, 0.2) is 29.2 Å². The topological polar surface area (TPSA) is 110 Å². The number of carbonyl (C=O) groups is 1. The molecular weight excluding hydrogens is 377 g/mol. The highest BCUT2D eigenvalue weighted by Gasteiger charge is 2.49. The molecule has 0 bridgehead atoms. The minimum Gasteiger partial charge on any atom is -0.385 e. The first kappa shape index (κ1) is 19.5. The minimum atomic E-state index is -0.956. The van der Waals surface area contributed by atoms with Gasteiger partial charge in [-0.1, -0.05) is 12.5 Å². The molecule has 0 aliphatic carbocycles. The van der Waals surface area contributed by atoms with E-state index in [-0.39, 0.29) is 42.1 Å². The summed E-state index contributed by atoms with van der Waals surface area (Å²) < 4.78 is 14.2. The third kappa shape index (κ3) is 3.88. The first-order valence-electron chi connectivity index (χ1n) is 9.73. The lowest BCUT2D eigenvalue weighted by Crippen LogP contribution is -2.72. The van der Waals surface area contributed by atoms with E-state index in [1.807, 2.05) is 0 Å². The molecule has 1 atom stereocenters. The van der Waals surface area contributed by atoms with Gasteiger partial charge in [0.2, 0.25) is 0 Å². The number of hydrogen-bond donors (Lipinski definition) is 4. The number of likely N-dealkylation sites (tertiary alicyclic amines) is 1. The van der Waals surface area contributed by atoms with Gasteiger partial charge >= 0.3 is 5.69 Å². The number of β-amino-alcohol motifs (C(OH)–C–C–N with tert-alkyl or cyclic N) is 1. The molecule has 0 unspecified atom stereocenters. The van der Waals surface area contributed by atoms with Crippen molar-refractivity contribution in [1.29, 1.82) is 0 Å². The van der Waals surface area contributed by atoms with Gasteiger partial charge in [-0.2, -0.15) is 0 Å². The van der Waals surface area contributed by atoms with Crippen molar-refractivity contribution in [3.8, 4) is 0 Å². The van der Waals surface area contributed by atoms with Gasteiger partial charge in [-0.3, -0.25) is 9.78 Å². The summed E-state index contributed by atoms with van der Waals surface area (Å²) in [6.07, 6.45) is 4.18. The van der Waals surface area contributed by atoms with E-state index in [9.17, 15) is 19.1 Å². The predicted molar refractivity (Wildman–Crippen MR) is 106 cm³/mol. The van der Waals surface area contributed by atoms with Gasteiger partial charge < -0.3 is 20.6 Å². The molecular formula is C20H24FN5O3. The van der Waals surface area contributed by atoms with E-state index in [0.717, 1.165) is 31.4 Å². The standard InChI is InChI=1S/C20H24FN5O3/c1-12-5-6-15(14(21)8-12)24-17-13(9-23-19(28)25-17)18(27)26-10-20(29,11-26)16-4-2-3-7-22-16/h5-6,8-9,16,22,29H,2-4,7,10-11H2,1H3,(H2,23,24,25,28)/t16-/m0/s1. The van der Waals surface area contributed by atoms with Crippen molar-refractivity contribution in [3.05, 3.63) is 51.8 Å². The number of nitrogens with zero attached hydrogens (tertiary/aromatic N) is 2. The van der Waals surface area contributed by atoms with Gasteiger partial charge in [-0.25, -0.2) is 14.2 Å². The molecule has 8 nitrogen and oxygen atoms in total. The molecule has 9 heteroatoms. The van der Waals surface area contributed by atoms with Crippen molar-refractivity contribution < 1.29 is 14.3 Å². The molecule has 2 aromatic rings. The lowest BCUT2D eigenvalue weighted by Gasteiger charge is -2.51. The molecule has 2 fully saturated rings. The number of hydrogen-bond acceptors (Lipinski definition) is 6. The zero-order chi connectivity index (χ0) is 20.6. The van der Waals surface area contributed by atoms with Crippen LogP contribution in [0, 0.1) is 12.7 Å². The third-order valence-electron chi connectivity index (χ3n) is 5.60. The highest BCUT2D eigenvalue weighted by Crippen LogP contribution is 2.31. The van der Waals surface area contributed by atoms with Gasteiger partial charge in [0.15, 0.2) is 0 Å². The van der Waals surface area contributed by atoms with Crippen LogP contribution in [0.25, 0.3) is 0 Å². The van der Waals surface area contributed by atoms with E-state index in [0.29, 0.717) is 0 Å². The van der Waals surface area contributed by atoms with E-state index < -0.39 is 17.1 Å². The monoisotopic (exact) mass is 401 g/mol. The number of H-pyrrole nitrogens is 1. The summed E-state index contributed by atoms with van der Waals surface area (Å²) in [6.45, 7) is 3.02. The lowest BCUT2D eigenvalue weighted by atomic mass is 9.81. The van der Waals surface area contributed by atoms with Crippen molar-refractivity contribution in [2.75, 3.05) is 25.0 Å². The van der Waals surface area contributed by atoms with Crippen LogP contribution in [0.2, 0.25) is 0 Å². The number of aryl methyl sites for hydroxylation is 1. The van der Waals surface area contributed by atoms with Crippen LogP contribution in [0.1, 0.15) is 35.2 Å². The SMILES string of the molecule is Cc1ccc(Nc2[nH]c(=O)ncc2C(=O)N2CC(O)([C@@H]3CCCCN3)C2)c(F)c1. The summed E-state index contributed by atoms with van der Waals surface area (Å²) in [6, 6.07) is 4.58. The van der Waals surface area contributed by atoms with Crippen LogP contribution in [0.3, 0.4) is 0 Å². The van der Waals surface area contributed by atoms with Crippen LogP contribution >= 0.6 is 0 Å². The Hall–Kier alpha value is -2.78. The summed E-state index contributed by atoms with van der Waals surface area (Å²) in [5, 5.41) is 16.9. The Labute approximate surface area is 167 Å². The van der Waals surface area contributed by atoms with E-state index in [1.165, 1.54) is 23.2 Å². The molecule has 2 aliphatic rings. The highest BCUT2D eigenvalue weighted by molar-refractivity contribution is 5.99. The lowest BCUT2D eigenvalue weighted by molar-refractivity contribution is -0.108. The number of piperidine rings is 1. The van der Waals surface area contributed by atoms with Crippen molar-refractivity contribution in [2.45, 2.75) is 37.8 Å². The zero-order valence-electron chi connectivity index (χ0n) is 16.2. The molecule has 2 aliphatic heterocycles. The molecule has 3 heterocycles. The fraction of sp³-hybridized carbons (Fsp3) is 0.450. The summed E-state index contributed by atoms with van der Waals surface area (Å²) in [4.78, 5) is 32.2. The number of aliphatic hydroxyl groups is 1. The number of aromatic amines is 1. The Morgan fingerprint density at radius 1 is 1.38 bits per heavy atom. The summed E-state index contributed by atoms with van der Waals surface area (Å²) >= 11 is 0. The average Bonchev–Trinajstić information content (AvgIpc) is 2.68. The maximum absolute atomic E-state index is 14.2. The number of halogens is 1. The predicted octanol–water partition coefficient (Wildman–Crippen LogP) is 1.29. The maximum atomic E-state index is 14.2. The molecule has 1 aromatic heterocycles. The normalized spacial score (nSPS) is 20.8. The van der Waals surface area contributed by atoms with E-state index >= 15 is 0 Å². The first-order chi connectivity index (χ1) is 13.9. The van der Waals surface area contributed by atoms with Gasteiger partial charge in [-0.05, 0) is 44.0 Å². The molecule has 4 N–H and O–H groups in total. The Bertz CT molecular complexity index is 980. The van der Waals surface area contributed by atoms with Crippen LogP contribution < -0.4 is 16.3 Å². The smallest absolute Gasteiger partial charge is 0.346 e. The number of nitrogens with one attached hydrogen (secondary N) is 3. The van der Waals surface area contributed by atoms with Crippen molar-refractivity contribution in [2.24, 2.45) is 0 Å². The molecule has 0 radical (unpaired) electrons. The first-order valence-corrected chi connectivity index (χ1v) is 9.73. The number of benzene rings is 1. The molecule has 154 valence electrons. The summed E-state index contributed by atoms with van der Waals surface area (Å²) in [7, 11) is 0. The van der Waals surface area contributed by atoms with Crippen molar-refractivity contribution in [1.82, 2.24) is 20.2 Å². The van der Waals surface area contributed by atoms with Crippen LogP contribution in [-0.2, 0) is 0 Å². The second kappa shape index (κ2) is 7.57. The summed E-state index contributed by atoms with van der Waals surface area (Å²) in [5.41, 5.74) is -0.601. The Balaban J connectivity index is 1.53. The van der Waals surface area contributed by atoms with E-state index in [1.54, 1.807) is 13.0 Å². The van der Waals surface area contributed by atoms with Gasteiger partial charge in [0.05, 0.1) is 24.3 Å². The summed E-state index contributed by atoms with van der Waals surface area (Å²) in [5.74, 6) is -0.809. The minimum absolute atomic E-state index is 0.0340. The van der Waals surface area contributed by atoms with Gasteiger partial charge in [0.25, 0.3) is 5.91 Å². The number of amides is 1. The average molecular weight is 401 g/mol. The highest BCUT2D eigenvalue weighted by atomic mass is 19.1. The Morgan fingerprint density at radius 3 is 2.86 bits per heavy atom. The maximum Gasteiger partial charge on any atom is 0.346 e. The fourth-order valence-corrected chi connectivity index (χ4v) is 3.97. The van der Waals surface area contributed by atoms with E-state index in [2.05, 4.69) is 20.6 Å². The van der Waals surface area contributed by atoms with Crippen LogP contribution in [0.5, 0.6) is 0 Å². The second-order valence-electron chi connectivity index (χ2n) is 7.85. The number of aromatic nitrogens is 2. The Kier molecular flexibility index (Phi) is 5.10. The molecule has 1 amide bonds. The van der Waals surface area contributed by atoms with Crippen LogP contribution in [-0.4, -0.2) is 57.2 Å². The molecule has 29 heavy (non-hydrogen) atoms. The number of rotatable bonds is 4. The molecule has 0 saturated carbocycles. The zero-order valence-corrected chi connectivity index (χ0v) is 16.2. The van der Waals surface area contributed by atoms with Gasteiger partial charge in [-0.15, -0.1) is 0 Å². The van der Waals surface area contributed by atoms with Gasteiger partial charge in [0.1, 0.15) is 17.2 Å². The molecule has 1 aromatic carbocycles. The third-order valence-corrected chi connectivity index (χ3v) is 5.60. The van der Waals surface area contributed by atoms with Crippen molar-refractivity contribution >= 4 is 17.4 Å². The van der Waals surface area contributed by atoms with E-state index in [4.69, 9.17) is 0 Å². The Morgan fingerprint density at radius 2 is 2.17 bits per heavy atom.